The highest BCUT2D eigenvalue weighted by Crippen LogP contribution is 2.30. The minimum absolute atomic E-state index is 0.257. The number of halogens is 1. The summed E-state index contributed by atoms with van der Waals surface area (Å²) in [5.74, 6) is 0.257. The highest BCUT2D eigenvalue weighted by molar-refractivity contribution is 9.10. The Balaban J connectivity index is 2.97. The number of fused-ring (bicyclic) bond motifs is 1. The molecular weight excluding hydrogens is 220 g/mol. The van der Waals surface area contributed by atoms with E-state index in [-0.39, 0.29) is 5.75 Å². The number of aromatic nitrogens is 2. The normalized spacial score (nSPS) is 10.8. The van der Waals surface area contributed by atoms with Gasteiger partial charge in [0.15, 0.2) is 0 Å². The molecular formula is C8H7BrN2O. The van der Waals surface area contributed by atoms with Crippen LogP contribution in [-0.2, 0) is 7.05 Å². The van der Waals surface area contributed by atoms with Crippen molar-refractivity contribution in [2.24, 2.45) is 7.05 Å². The van der Waals surface area contributed by atoms with Crippen LogP contribution in [0.2, 0.25) is 0 Å². The maximum absolute atomic E-state index is 9.48. The fourth-order valence-electron chi connectivity index (χ4n) is 1.19. The van der Waals surface area contributed by atoms with Crippen molar-refractivity contribution in [3.05, 3.63) is 22.8 Å². The van der Waals surface area contributed by atoms with Crippen molar-refractivity contribution >= 4 is 26.8 Å². The summed E-state index contributed by atoms with van der Waals surface area (Å²) in [6, 6.07) is 5.28. The van der Waals surface area contributed by atoms with E-state index in [1.165, 1.54) is 0 Å². The number of aryl methyl sites for hydroxylation is 1. The van der Waals surface area contributed by atoms with Crippen molar-refractivity contribution in [3.63, 3.8) is 0 Å². The van der Waals surface area contributed by atoms with Gasteiger partial charge < -0.3 is 5.11 Å². The molecule has 0 aliphatic heterocycles. The van der Waals surface area contributed by atoms with E-state index in [0.717, 1.165) is 15.5 Å². The Kier molecular flexibility index (Phi) is 1.58. The smallest absolute Gasteiger partial charge is 0.127 e. The molecule has 0 atom stereocenters. The van der Waals surface area contributed by atoms with Crippen molar-refractivity contribution in [1.29, 1.82) is 0 Å². The van der Waals surface area contributed by atoms with Crippen LogP contribution in [0.1, 0.15) is 0 Å². The summed E-state index contributed by atoms with van der Waals surface area (Å²) in [4.78, 5) is 0. The molecule has 0 radical (unpaired) electrons. The van der Waals surface area contributed by atoms with Crippen molar-refractivity contribution in [2.45, 2.75) is 0 Å². The molecule has 0 bridgehead atoms. The lowest BCUT2D eigenvalue weighted by atomic mass is 10.2. The van der Waals surface area contributed by atoms with Gasteiger partial charge in [0.25, 0.3) is 0 Å². The summed E-state index contributed by atoms with van der Waals surface area (Å²) in [7, 11) is 1.82. The predicted molar refractivity (Wildman–Crippen MR) is 50.1 cm³/mol. The number of phenols is 1. The second-order valence-electron chi connectivity index (χ2n) is 2.59. The van der Waals surface area contributed by atoms with E-state index in [4.69, 9.17) is 0 Å². The first-order valence-electron chi connectivity index (χ1n) is 3.50. The highest BCUT2D eigenvalue weighted by Gasteiger charge is 2.08. The molecule has 0 fully saturated rings. The average molecular weight is 227 g/mol. The Morgan fingerprint density at radius 2 is 2.25 bits per heavy atom. The molecule has 2 aromatic rings. The SMILES string of the molecule is Cn1nc2cccc(O)c2c1Br. The molecule has 62 valence electrons. The van der Waals surface area contributed by atoms with Crippen LogP contribution >= 0.6 is 15.9 Å². The van der Waals surface area contributed by atoms with E-state index in [0.29, 0.717) is 0 Å². The Labute approximate surface area is 77.7 Å². The fourth-order valence-corrected chi connectivity index (χ4v) is 1.68. The van der Waals surface area contributed by atoms with E-state index < -0.39 is 0 Å². The van der Waals surface area contributed by atoms with Crippen LogP contribution in [0.3, 0.4) is 0 Å². The minimum atomic E-state index is 0.257. The number of hydrogen-bond acceptors (Lipinski definition) is 2. The summed E-state index contributed by atoms with van der Waals surface area (Å²) in [6.07, 6.45) is 0. The first kappa shape index (κ1) is 7.61. The summed E-state index contributed by atoms with van der Waals surface area (Å²) in [5, 5.41) is 14.4. The Bertz CT molecular complexity index is 436. The van der Waals surface area contributed by atoms with Gasteiger partial charge in [-0.2, -0.15) is 5.10 Å². The molecule has 1 aromatic heterocycles. The van der Waals surface area contributed by atoms with Gasteiger partial charge >= 0.3 is 0 Å². The van der Waals surface area contributed by atoms with Gasteiger partial charge in [-0.1, -0.05) is 6.07 Å². The Morgan fingerprint density at radius 3 is 2.92 bits per heavy atom. The fraction of sp³-hybridized carbons (Fsp3) is 0.125. The molecule has 0 aliphatic rings. The number of benzene rings is 1. The van der Waals surface area contributed by atoms with Crippen LogP contribution in [0.25, 0.3) is 10.9 Å². The zero-order valence-electron chi connectivity index (χ0n) is 6.45. The van der Waals surface area contributed by atoms with E-state index in [1.807, 2.05) is 13.1 Å². The number of nitrogens with zero attached hydrogens (tertiary/aromatic N) is 2. The maximum atomic E-state index is 9.48. The zero-order valence-corrected chi connectivity index (χ0v) is 8.04. The highest BCUT2D eigenvalue weighted by atomic mass is 79.9. The van der Waals surface area contributed by atoms with Crippen LogP contribution in [0.4, 0.5) is 0 Å². The van der Waals surface area contributed by atoms with Gasteiger partial charge in [-0.05, 0) is 28.1 Å². The molecule has 2 rings (SSSR count). The van der Waals surface area contributed by atoms with Crippen LogP contribution in [0.15, 0.2) is 22.8 Å². The average Bonchev–Trinajstić information content (AvgIpc) is 2.29. The maximum Gasteiger partial charge on any atom is 0.127 e. The lowest BCUT2D eigenvalue weighted by Gasteiger charge is -1.92. The molecule has 0 amide bonds. The van der Waals surface area contributed by atoms with E-state index in [1.54, 1.807) is 16.8 Å². The second kappa shape index (κ2) is 2.48. The van der Waals surface area contributed by atoms with Gasteiger partial charge in [-0.15, -0.1) is 0 Å². The lowest BCUT2D eigenvalue weighted by Crippen LogP contribution is -1.88. The molecule has 3 nitrogen and oxygen atoms in total. The van der Waals surface area contributed by atoms with Crippen molar-refractivity contribution < 1.29 is 5.11 Å². The molecule has 0 spiro atoms. The van der Waals surface area contributed by atoms with E-state index in [9.17, 15) is 5.11 Å². The number of rotatable bonds is 0. The summed E-state index contributed by atoms with van der Waals surface area (Å²) in [6.45, 7) is 0. The zero-order chi connectivity index (χ0) is 8.72. The molecule has 1 N–H and O–H groups in total. The largest absolute Gasteiger partial charge is 0.507 e. The van der Waals surface area contributed by atoms with Crippen LogP contribution < -0.4 is 0 Å². The number of aromatic hydroxyl groups is 1. The third-order valence-electron chi connectivity index (χ3n) is 1.77. The number of hydrogen-bond donors (Lipinski definition) is 1. The molecule has 0 unspecified atom stereocenters. The van der Waals surface area contributed by atoms with Gasteiger partial charge in [0.2, 0.25) is 0 Å². The molecule has 1 aromatic carbocycles. The molecule has 0 saturated heterocycles. The summed E-state index contributed by atoms with van der Waals surface area (Å²) >= 11 is 3.34. The predicted octanol–water partition coefficient (Wildman–Crippen LogP) is 2.04. The van der Waals surface area contributed by atoms with Crippen LogP contribution in [0.5, 0.6) is 5.75 Å². The van der Waals surface area contributed by atoms with Crippen molar-refractivity contribution in [1.82, 2.24) is 9.78 Å². The molecule has 4 heteroatoms. The lowest BCUT2D eigenvalue weighted by molar-refractivity contribution is 0.481. The third kappa shape index (κ3) is 0.914. The first-order valence-corrected chi connectivity index (χ1v) is 4.29. The monoisotopic (exact) mass is 226 g/mol. The topological polar surface area (TPSA) is 38.0 Å². The van der Waals surface area contributed by atoms with Gasteiger partial charge in [0.05, 0.1) is 10.9 Å². The van der Waals surface area contributed by atoms with Crippen molar-refractivity contribution in [3.8, 4) is 5.75 Å². The number of phenolic OH excluding ortho intramolecular Hbond substituents is 1. The Hall–Kier alpha value is -1.03. The standard InChI is InChI=1S/C8H7BrN2O/c1-11-8(9)7-5(10-11)3-2-4-6(7)12/h2-4,12H,1H3. The minimum Gasteiger partial charge on any atom is -0.507 e. The second-order valence-corrected chi connectivity index (χ2v) is 3.34. The van der Waals surface area contributed by atoms with Crippen LogP contribution in [-0.4, -0.2) is 14.9 Å². The molecule has 1 heterocycles. The molecule has 12 heavy (non-hydrogen) atoms. The van der Waals surface area contributed by atoms with E-state index in [2.05, 4.69) is 21.0 Å². The molecule has 0 saturated carbocycles. The van der Waals surface area contributed by atoms with Gasteiger partial charge in [-0.3, -0.25) is 4.68 Å². The first-order chi connectivity index (χ1) is 5.70. The Morgan fingerprint density at radius 1 is 1.50 bits per heavy atom. The molecule has 0 aliphatic carbocycles. The van der Waals surface area contributed by atoms with Gasteiger partial charge in [0.1, 0.15) is 10.4 Å². The van der Waals surface area contributed by atoms with Crippen LogP contribution in [0, 0.1) is 0 Å². The van der Waals surface area contributed by atoms with Crippen molar-refractivity contribution in [2.75, 3.05) is 0 Å². The summed E-state index contributed by atoms with van der Waals surface area (Å²) < 4.78 is 2.49. The van der Waals surface area contributed by atoms with E-state index >= 15 is 0 Å². The summed E-state index contributed by atoms with van der Waals surface area (Å²) in [5.41, 5.74) is 0.796. The third-order valence-corrected chi connectivity index (χ3v) is 2.68. The van der Waals surface area contributed by atoms with Gasteiger partial charge in [-0.25, -0.2) is 0 Å². The van der Waals surface area contributed by atoms with Gasteiger partial charge in [0, 0.05) is 7.05 Å². The quantitative estimate of drug-likeness (QED) is 0.747.